The molecule has 0 fully saturated rings. The first-order chi connectivity index (χ1) is 13.9. The Labute approximate surface area is 170 Å². The number of likely N-dealkylation sites (N-methyl/N-ethyl adjacent to an activating group) is 1. The zero-order valence-corrected chi connectivity index (χ0v) is 17.1. The molecule has 1 aromatic heterocycles. The molecular weight excluding hydrogens is 364 g/mol. The highest BCUT2D eigenvalue weighted by Gasteiger charge is 2.11. The molecule has 2 aromatic carbocycles. The lowest BCUT2D eigenvalue weighted by atomic mass is 10.0. The number of fused-ring (bicyclic) bond motifs is 1. The van der Waals surface area contributed by atoms with Crippen molar-refractivity contribution in [1.82, 2.24) is 9.88 Å². The normalized spacial score (nSPS) is 10.4. The van der Waals surface area contributed by atoms with E-state index >= 15 is 0 Å². The van der Waals surface area contributed by atoms with Crippen LogP contribution < -0.4 is 10.1 Å². The lowest BCUT2D eigenvalue weighted by Crippen LogP contribution is -2.27. The number of nitrogens with one attached hydrogen (secondary N) is 1. The highest BCUT2D eigenvalue weighted by Crippen LogP contribution is 2.29. The summed E-state index contributed by atoms with van der Waals surface area (Å²) in [5.41, 5.74) is 5.35. The highest BCUT2D eigenvalue weighted by atomic mass is 16.5. The van der Waals surface area contributed by atoms with E-state index in [0.29, 0.717) is 17.9 Å². The number of nitriles is 1. The molecule has 0 bridgehead atoms. The van der Waals surface area contributed by atoms with Crippen molar-refractivity contribution in [1.29, 1.82) is 5.26 Å². The maximum Gasteiger partial charge on any atom is 0.259 e. The quantitative estimate of drug-likeness (QED) is 0.695. The summed E-state index contributed by atoms with van der Waals surface area (Å²) in [6.45, 7) is 4.56. The molecule has 0 aliphatic carbocycles. The van der Waals surface area contributed by atoms with E-state index in [1.54, 1.807) is 20.3 Å². The molecule has 148 valence electrons. The maximum absolute atomic E-state index is 11.7. The molecule has 0 radical (unpaired) electrons. The lowest BCUT2D eigenvalue weighted by Gasteiger charge is -2.14. The second-order valence-electron chi connectivity index (χ2n) is 7.21. The topological polar surface area (TPSA) is 78.2 Å². The first-order valence-corrected chi connectivity index (χ1v) is 9.35. The van der Waals surface area contributed by atoms with Crippen molar-refractivity contribution in [3.8, 4) is 11.8 Å². The van der Waals surface area contributed by atoms with Gasteiger partial charge in [0, 0.05) is 32.2 Å². The average Bonchev–Trinajstić information content (AvgIpc) is 2.70. The summed E-state index contributed by atoms with van der Waals surface area (Å²) < 4.78 is 5.59. The van der Waals surface area contributed by atoms with E-state index in [4.69, 9.17) is 4.74 Å². The number of carbonyl (C=O) groups is 1. The van der Waals surface area contributed by atoms with E-state index in [-0.39, 0.29) is 12.5 Å². The van der Waals surface area contributed by atoms with Gasteiger partial charge in [0.25, 0.3) is 5.91 Å². The molecule has 0 atom stereocenters. The van der Waals surface area contributed by atoms with E-state index < -0.39 is 0 Å². The van der Waals surface area contributed by atoms with Gasteiger partial charge in [0.2, 0.25) is 0 Å². The molecule has 1 amide bonds. The third-order valence-corrected chi connectivity index (χ3v) is 4.66. The Bertz CT molecular complexity index is 1100. The van der Waals surface area contributed by atoms with Gasteiger partial charge in [-0.05, 0) is 43.2 Å². The average molecular weight is 388 g/mol. The Morgan fingerprint density at radius 2 is 2.03 bits per heavy atom. The number of amides is 1. The molecule has 0 unspecified atom stereocenters. The number of pyridine rings is 1. The van der Waals surface area contributed by atoms with Crippen molar-refractivity contribution >= 4 is 22.5 Å². The van der Waals surface area contributed by atoms with Crippen LogP contribution in [0.1, 0.15) is 22.3 Å². The lowest BCUT2D eigenvalue weighted by molar-refractivity contribution is -0.130. The molecular formula is C23H24N4O2. The number of carbonyl (C=O) groups excluding carboxylic acids is 1. The van der Waals surface area contributed by atoms with Crippen molar-refractivity contribution in [2.45, 2.75) is 20.4 Å². The summed E-state index contributed by atoms with van der Waals surface area (Å²) in [4.78, 5) is 17.7. The number of hydrogen-bond acceptors (Lipinski definition) is 5. The fraction of sp³-hybridized carbons (Fsp3) is 0.261. The Hall–Kier alpha value is -3.59. The van der Waals surface area contributed by atoms with Gasteiger partial charge in [-0.25, -0.2) is 0 Å². The number of aromatic nitrogens is 1. The minimum absolute atomic E-state index is 0.00396. The molecule has 3 aromatic rings. The van der Waals surface area contributed by atoms with Crippen LogP contribution in [0.25, 0.3) is 10.9 Å². The van der Waals surface area contributed by atoms with Gasteiger partial charge in [-0.1, -0.05) is 23.8 Å². The molecule has 0 aliphatic heterocycles. The van der Waals surface area contributed by atoms with Crippen molar-refractivity contribution in [3.05, 3.63) is 64.8 Å². The van der Waals surface area contributed by atoms with Gasteiger partial charge in [0.05, 0.1) is 16.8 Å². The van der Waals surface area contributed by atoms with Crippen molar-refractivity contribution in [2.75, 3.05) is 26.0 Å². The van der Waals surface area contributed by atoms with Gasteiger partial charge >= 0.3 is 0 Å². The smallest absolute Gasteiger partial charge is 0.259 e. The monoisotopic (exact) mass is 388 g/mol. The Kier molecular flexibility index (Phi) is 5.99. The predicted octanol–water partition coefficient (Wildman–Crippen LogP) is 3.80. The van der Waals surface area contributed by atoms with E-state index in [1.807, 2.05) is 44.2 Å². The van der Waals surface area contributed by atoms with Crippen LogP contribution in [0, 0.1) is 25.2 Å². The minimum atomic E-state index is -0.0961. The van der Waals surface area contributed by atoms with Gasteiger partial charge in [0.15, 0.2) is 6.61 Å². The number of benzene rings is 2. The minimum Gasteiger partial charge on any atom is -0.484 e. The van der Waals surface area contributed by atoms with Crippen LogP contribution in [0.2, 0.25) is 0 Å². The Balaban J connectivity index is 1.83. The number of rotatable bonds is 6. The van der Waals surface area contributed by atoms with Gasteiger partial charge in [0.1, 0.15) is 11.8 Å². The molecule has 6 nitrogen and oxygen atoms in total. The molecule has 3 rings (SSSR count). The highest BCUT2D eigenvalue weighted by molar-refractivity contribution is 5.96. The zero-order valence-electron chi connectivity index (χ0n) is 17.1. The fourth-order valence-electron chi connectivity index (χ4n) is 3.15. The number of hydrogen-bond donors (Lipinski definition) is 1. The number of anilines is 1. The predicted molar refractivity (Wildman–Crippen MR) is 114 cm³/mol. The molecule has 0 spiro atoms. The number of nitrogens with zero attached hydrogens (tertiary/aromatic N) is 3. The molecule has 0 aliphatic rings. The second-order valence-corrected chi connectivity index (χ2v) is 7.21. The third-order valence-electron chi connectivity index (χ3n) is 4.66. The standard InChI is InChI=1S/C23H24N4O2/c1-15-8-16(2)22-20(9-15)23(18(11-24)13-26-22)25-12-17-6-5-7-19(10-17)29-14-21(28)27(3)4/h5-10,13H,12,14H2,1-4H3,(H,25,26). The van der Waals surface area contributed by atoms with Crippen molar-refractivity contribution in [3.63, 3.8) is 0 Å². The van der Waals surface area contributed by atoms with Crippen molar-refractivity contribution < 1.29 is 9.53 Å². The Morgan fingerprint density at radius 3 is 2.76 bits per heavy atom. The summed E-state index contributed by atoms with van der Waals surface area (Å²) in [7, 11) is 3.39. The number of aryl methyl sites for hydroxylation is 2. The van der Waals surface area contributed by atoms with E-state index in [0.717, 1.165) is 33.3 Å². The SMILES string of the molecule is Cc1cc(C)c2ncc(C#N)c(NCc3cccc(OCC(=O)N(C)C)c3)c2c1. The maximum atomic E-state index is 11.7. The molecule has 6 heteroatoms. The van der Waals surface area contributed by atoms with Crippen LogP contribution in [0.4, 0.5) is 5.69 Å². The fourth-order valence-corrected chi connectivity index (χ4v) is 3.15. The second kappa shape index (κ2) is 8.61. The summed E-state index contributed by atoms with van der Waals surface area (Å²) in [5, 5.41) is 13.9. The Morgan fingerprint density at radius 1 is 1.24 bits per heavy atom. The van der Waals surface area contributed by atoms with Gasteiger partial charge < -0.3 is 15.0 Å². The molecule has 0 saturated heterocycles. The van der Waals surface area contributed by atoms with Gasteiger partial charge in [-0.3, -0.25) is 9.78 Å². The van der Waals surface area contributed by atoms with Crippen LogP contribution in [0.15, 0.2) is 42.6 Å². The summed E-state index contributed by atoms with van der Waals surface area (Å²) in [5.74, 6) is 0.535. The van der Waals surface area contributed by atoms with Gasteiger partial charge in [-0.2, -0.15) is 5.26 Å². The van der Waals surface area contributed by atoms with Crippen molar-refractivity contribution in [2.24, 2.45) is 0 Å². The molecule has 29 heavy (non-hydrogen) atoms. The van der Waals surface area contributed by atoms with Crippen LogP contribution in [-0.2, 0) is 11.3 Å². The largest absolute Gasteiger partial charge is 0.484 e. The van der Waals surface area contributed by atoms with Crippen LogP contribution >= 0.6 is 0 Å². The first kappa shape index (κ1) is 20.2. The van der Waals surface area contributed by atoms with E-state index in [9.17, 15) is 10.1 Å². The zero-order chi connectivity index (χ0) is 21.0. The molecule has 1 N–H and O–H groups in total. The van der Waals surface area contributed by atoms with E-state index in [1.165, 1.54) is 4.90 Å². The third kappa shape index (κ3) is 4.64. The van der Waals surface area contributed by atoms with Crippen LogP contribution in [-0.4, -0.2) is 36.5 Å². The van der Waals surface area contributed by atoms with Crippen LogP contribution in [0.3, 0.4) is 0 Å². The molecule has 0 saturated carbocycles. The summed E-state index contributed by atoms with van der Waals surface area (Å²) in [6, 6.07) is 13.9. The molecule has 1 heterocycles. The van der Waals surface area contributed by atoms with E-state index in [2.05, 4.69) is 22.4 Å². The summed E-state index contributed by atoms with van der Waals surface area (Å²) in [6.07, 6.45) is 1.61. The first-order valence-electron chi connectivity index (χ1n) is 9.35. The van der Waals surface area contributed by atoms with Gasteiger partial charge in [-0.15, -0.1) is 0 Å². The number of ether oxygens (including phenoxy) is 1. The van der Waals surface area contributed by atoms with Crippen LogP contribution in [0.5, 0.6) is 5.75 Å². The summed E-state index contributed by atoms with van der Waals surface area (Å²) >= 11 is 0.